The third-order valence-corrected chi connectivity index (χ3v) is 5.99. The summed E-state index contributed by atoms with van der Waals surface area (Å²) in [5.74, 6) is 0.151. The van der Waals surface area contributed by atoms with Crippen LogP contribution in [0, 0.1) is 23.7 Å². The number of hydrogen-bond acceptors (Lipinski definition) is 2. The molecule has 1 saturated heterocycles. The highest BCUT2D eigenvalue weighted by atomic mass is 16.2. The van der Waals surface area contributed by atoms with Gasteiger partial charge in [-0.1, -0.05) is 54.6 Å². The van der Waals surface area contributed by atoms with Crippen molar-refractivity contribution in [2.45, 2.75) is 12.8 Å². The normalized spacial score (nSPS) is 30.0. The molecule has 3 heteroatoms. The minimum Gasteiger partial charge on any atom is -0.274 e. The number of carbonyl (C=O) groups excluding carboxylic acids is 2. The van der Waals surface area contributed by atoms with Gasteiger partial charge in [0.2, 0.25) is 11.8 Å². The fraction of sp³-hybridized carbons (Fsp3) is 0.273. The molecular weight excluding hydrogens is 310 g/mol. The molecule has 4 atom stereocenters. The van der Waals surface area contributed by atoms with Crippen molar-refractivity contribution < 1.29 is 9.59 Å². The van der Waals surface area contributed by atoms with Crippen molar-refractivity contribution in [2.24, 2.45) is 23.7 Å². The highest BCUT2D eigenvalue weighted by molar-refractivity contribution is 6.22. The molecule has 3 nitrogen and oxygen atoms in total. The number of fused-ring (bicyclic) bond motifs is 1. The first-order valence-electron chi connectivity index (χ1n) is 8.95. The van der Waals surface area contributed by atoms with Crippen LogP contribution in [0.4, 0.5) is 5.69 Å². The molecule has 2 bridgehead atoms. The van der Waals surface area contributed by atoms with E-state index in [2.05, 4.69) is 24.3 Å². The predicted octanol–water partition coefficient (Wildman–Crippen LogP) is 4.06. The first-order chi connectivity index (χ1) is 12.2. The number of rotatable bonds is 2. The molecule has 1 aliphatic heterocycles. The van der Waals surface area contributed by atoms with Crippen molar-refractivity contribution in [3.8, 4) is 11.1 Å². The van der Waals surface area contributed by atoms with Crippen LogP contribution in [0.25, 0.3) is 11.1 Å². The Kier molecular flexibility index (Phi) is 3.17. The van der Waals surface area contributed by atoms with Gasteiger partial charge in [0.25, 0.3) is 0 Å². The molecule has 2 aromatic rings. The van der Waals surface area contributed by atoms with Crippen LogP contribution in [0.2, 0.25) is 0 Å². The zero-order valence-electron chi connectivity index (χ0n) is 13.8. The second-order valence-electron chi connectivity index (χ2n) is 7.27. The van der Waals surface area contributed by atoms with E-state index in [1.54, 1.807) is 0 Å². The Labute approximate surface area is 147 Å². The summed E-state index contributed by atoms with van der Waals surface area (Å²) in [5.41, 5.74) is 2.91. The Balaban J connectivity index is 1.48. The van der Waals surface area contributed by atoms with E-state index < -0.39 is 0 Å². The maximum Gasteiger partial charge on any atom is 0.238 e. The Bertz CT molecular complexity index is 837. The summed E-state index contributed by atoms with van der Waals surface area (Å²) in [4.78, 5) is 27.4. The van der Waals surface area contributed by atoms with Gasteiger partial charge in [0.05, 0.1) is 17.5 Å². The summed E-state index contributed by atoms with van der Waals surface area (Å²) in [6.45, 7) is 0. The Morgan fingerprint density at radius 2 is 1.20 bits per heavy atom. The van der Waals surface area contributed by atoms with Crippen LogP contribution in [-0.2, 0) is 9.59 Å². The molecule has 0 radical (unpaired) electrons. The molecule has 4 aliphatic rings. The van der Waals surface area contributed by atoms with Crippen molar-refractivity contribution >= 4 is 17.5 Å². The molecule has 2 fully saturated rings. The quantitative estimate of drug-likeness (QED) is 0.615. The van der Waals surface area contributed by atoms with Gasteiger partial charge in [0.1, 0.15) is 0 Å². The van der Waals surface area contributed by atoms with Crippen LogP contribution < -0.4 is 4.90 Å². The molecule has 6 rings (SSSR count). The number of nitrogens with zero attached hydrogens (tertiary/aromatic N) is 1. The maximum atomic E-state index is 13.0. The van der Waals surface area contributed by atoms with E-state index in [1.165, 1.54) is 4.90 Å². The third kappa shape index (κ3) is 2.12. The van der Waals surface area contributed by atoms with Gasteiger partial charge in [0.15, 0.2) is 0 Å². The fourth-order valence-electron chi connectivity index (χ4n) is 4.76. The van der Waals surface area contributed by atoms with E-state index in [0.717, 1.165) is 24.0 Å². The lowest BCUT2D eigenvalue weighted by Crippen LogP contribution is -2.38. The van der Waals surface area contributed by atoms with Gasteiger partial charge < -0.3 is 0 Å². The van der Waals surface area contributed by atoms with E-state index >= 15 is 0 Å². The van der Waals surface area contributed by atoms with Crippen LogP contribution in [0.3, 0.4) is 0 Å². The summed E-state index contributed by atoms with van der Waals surface area (Å²) < 4.78 is 0. The number of benzene rings is 2. The van der Waals surface area contributed by atoms with E-state index in [-0.39, 0.29) is 35.5 Å². The van der Waals surface area contributed by atoms with Crippen molar-refractivity contribution in [1.29, 1.82) is 0 Å². The van der Waals surface area contributed by atoms with Crippen molar-refractivity contribution in [1.82, 2.24) is 0 Å². The van der Waals surface area contributed by atoms with Gasteiger partial charge in [-0.15, -0.1) is 0 Å². The van der Waals surface area contributed by atoms with Crippen LogP contribution in [0.5, 0.6) is 0 Å². The highest BCUT2D eigenvalue weighted by Gasteiger charge is 2.56. The van der Waals surface area contributed by atoms with Crippen LogP contribution in [0.1, 0.15) is 12.8 Å². The largest absolute Gasteiger partial charge is 0.274 e. The smallest absolute Gasteiger partial charge is 0.238 e. The average molecular weight is 329 g/mol. The lowest BCUT2D eigenvalue weighted by molar-refractivity contribution is -0.124. The van der Waals surface area contributed by atoms with Gasteiger partial charge in [-0.25, -0.2) is 0 Å². The summed E-state index contributed by atoms with van der Waals surface area (Å²) in [6, 6.07) is 17.9. The lowest BCUT2D eigenvalue weighted by Gasteiger charge is -2.38. The van der Waals surface area contributed by atoms with Gasteiger partial charge in [-0.2, -0.15) is 0 Å². The first kappa shape index (κ1) is 14.6. The number of anilines is 1. The van der Waals surface area contributed by atoms with E-state index in [1.807, 2.05) is 42.5 Å². The molecule has 0 aromatic heterocycles. The third-order valence-electron chi connectivity index (χ3n) is 5.99. The molecule has 0 unspecified atom stereocenters. The van der Waals surface area contributed by atoms with Crippen molar-refractivity contribution in [3.63, 3.8) is 0 Å². The molecule has 124 valence electrons. The molecule has 2 aromatic carbocycles. The summed E-state index contributed by atoms with van der Waals surface area (Å²) >= 11 is 0. The number of amides is 2. The molecule has 0 N–H and O–H groups in total. The second-order valence-corrected chi connectivity index (χ2v) is 7.27. The molecule has 1 saturated carbocycles. The molecule has 25 heavy (non-hydrogen) atoms. The van der Waals surface area contributed by atoms with Gasteiger partial charge >= 0.3 is 0 Å². The molecule has 3 aliphatic carbocycles. The zero-order chi connectivity index (χ0) is 17.0. The summed E-state index contributed by atoms with van der Waals surface area (Å²) in [6.07, 6.45) is 6.37. The molecule has 1 heterocycles. The van der Waals surface area contributed by atoms with Crippen molar-refractivity contribution in [3.05, 3.63) is 66.7 Å². The Morgan fingerprint density at radius 3 is 1.72 bits per heavy atom. The highest BCUT2D eigenvalue weighted by Crippen LogP contribution is 2.50. The van der Waals surface area contributed by atoms with Crippen LogP contribution in [0.15, 0.2) is 66.7 Å². The molecule has 2 amide bonds. The minimum absolute atomic E-state index is 0.0125. The average Bonchev–Trinajstić information content (AvgIpc) is 2.97. The van der Waals surface area contributed by atoms with Crippen LogP contribution in [-0.4, -0.2) is 11.8 Å². The number of imide groups is 1. The topological polar surface area (TPSA) is 37.4 Å². The monoisotopic (exact) mass is 329 g/mol. The lowest BCUT2D eigenvalue weighted by atomic mass is 9.63. The number of hydrogen-bond donors (Lipinski definition) is 0. The van der Waals surface area contributed by atoms with E-state index in [0.29, 0.717) is 5.69 Å². The Morgan fingerprint density at radius 1 is 0.680 bits per heavy atom. The van der Waals surface area contributed by atoms with Gasteiger partial charge in [-0.3, -0.25) is 14.5 Å². The first-order valence-corrected chi connectivity index (χ1v) is 8.95. The predicted molar refractivity (Wildman–Crippen MR) is 96.7 cm³/mol. The van der Waals surface area contributed by atoms with Crippen LogP contribution >= 0.6 is 0 Å². The van der Waals surface area contributed by atoms with Gasteiger partial charge in [-0.05, 0) is 47.9 Å². The summed E-state index contributed by atoms with van der Waals surface area (Å²) in [7, 11) is 0. The molecule has 0 spiro atoms. The van der Waals surface area contributed by atoms with E-state index in [4.69, 9.17) is 0 Å². The fourth-order valence-corrected chi connectivity index (χ4v) is 4.76. The van der Waals surface area contributed by atoms with Crippen molar-refractivity contribution in [2.75, 3.05) is 4.90 Å². The maximum absolute atomic E-state index is 13.0. The van der Waals surface area contributed by atoms with Gasteiger partial charge in [0, 0.05) is 0 Å². The second kappa shape index (κ2) is 5.41. The van der Waals surface area contributed by atoms with E-state index in [9.17, 15) is 9.59 Å². The summed E-state index contributed by atoms with van der Waals surface area (Å²) in [5, 5.41) is 0. The number of carbonyl (C=O) groups is 2. The minimum atomic E-state index is -0.148. The SMILES string of the molecule is O=C1[C@H]2[C@H](C(=O)N1c1ccc(-c3ccccc3)cc1)[C@@H]1C=C[C@@H]2CC1. The standard InChI is InChI=1S/C22H19NO2/c24-21-19-16-6-7-17(9-8-16)20(19)22(25)23(21)18-12-10-15(11-13-18)14-4-2-1-3-5-14/h1-7,10-13,16-17,19-20H,8-9H2/t16-,17-,19-,20-/m1/s1. The zero-order valence-corrected chi connectivity index (χ0v) is 13.8. The molecular formula is C22H19NO2. The Hall–Kier alpha value is -2.68. The number of allylic oxidation sites excluding steroid dienone is 2.